The van der Waals surface area contributed by atoms with Crippen molar-refractivity contribution in [2.75, 3.05) is 33.7 Å². The Morgan fingerprint density at radius 2 is 1.82 bits per heavy atom. The SMILES string of the molecule is Cc1cc(CN2CCC[C@]3(CCCN3C(=O)CCC(=O)N(C)C)CC2)n(C)n1. The van der Waals surface area contributed by atoms with Gasteiger partial charge in [0.15, 0.2) is 0 Å². The van der Waals surface area contributed by atoms with Crippen LogP contribution in [-0.4, -0.2) is 75.6 Å². The molecule has 0 bridgehead atoms. The van der Waals surface area contributed by atoms with Crippen LogP contribution in [0.5, 0.6) is 0 Å². The molecule has 0 aromatic carbocycles. The zero-order chi connectivity index (χ0) is 20.3. The van der Waals surface area contributed by atoms with Gasteiger partial charge in [-0.15, -0.1) is 0 Å². The lowest BCUT2D eigenvalue weighted by Crippen LogP contribution is -2.48. The highest BCUT2D eigenvalue weighted by atomic mass is 16.2. The molecule has 28 heavy (non-hydrogen) atoms. The van der Waals surface area contributed by atoms with E-state index in [0.29, 0.717) is 12.8 Å². The Morgan fingerprint density at radius 1 is 1.11 bits per heavy atom. The Bertz CT molecular complexity index is 714. The molecule has 7 nitrogen and oxygen atoms in total. The molecule has 0 saturated carbocycles. The van der Waals surface area contributed by atoms with E-state index in [2.05, 4.69) is 21.0 Å². The molecule has 3 heterocycles. The normalized spacial score (nSPS) is 23.2. The van der Waals surface area contributed by atoms with Gasteiger partial charge in [-0.05, 0) is 51.6 Å². The van der Waals surface area contributed by atoms with Crippen LogP contribution in [0.25, 0.3) is 0 Å². The Labute approximate surface area is 168 Å². The van der Waals surface area contributed by atoms with Crippen LogP contribution in [0.2, 0.25) is 0 Å². The first-order chi connectivity index (χ1) is 13.3. The molecule has 1 atom stereocenters. The van der Waals surface area contributed by atoms with Crippen LogP contribution in [0, 0.1) is 6.92 Å². The number of rotatable bonds is 5. The van der Waals surface area contributed by atoms with Crippen molar-refractivity contribution < 1.29 is 9.59 Å². The maximum Gasteiger partial charge on any atom is 0.223 e. The third-order valence-corrected chi connectivity index (χ3v) is 6.44. The molecule has 1 aromatic heterocycles. The lowest BCUT2D eigenvalue weighted by atomic mass is 9.87. The summed E-state index contributed by atoms with van der Waals surface area (Å²) in [5, 5.41) is 4.46. The fourth-order valence-electron chi connectivity index (χ4n) is 4.85. The largest absolute Gasteiger partial charge is 0.349 e. The van der Waals surface area contributed by atoms with Crippen molar-refractivity contribution in [1.29, 1.82) is 0 Å². The average Bonchev–Trinajstić information content (AvgIpc) is 3.12. The summed E-state index contributed by atoms with van der Waals surface area (Å²) in [5.74, 6) is 0.184. The first-order valence-electron chi connectivity index (χ1n) is 10.5. The number of hydrogen-bond acceptors (Lipinski definition) is 4. The van der Waals surface area contributed by atoms with Crippen molar-refractivity contribution >= 4 is 11.8 Å². The lowest BCUT2D eigenvalue weighted by Gasteiger charge is -2.38. The number of hydrogen-bond donors (Lipinski definition) is 0. The number of aromatic nitrogens is 2. The lowest BCUT2D eigenvalue weighted by molar-refractivity contribution is -0.139. The highest BCUT2D eigenvalue weighted by Crippen LogP contribution is 2.39. The Balaban J connectivity index is 1.61. The fourth-order valence-corrected chi connectivity index (χ4v) is 4.85. The van der Waals surface area contributed by atoms with Crippen molar-refractivity contribution in [1.82, 2.24) is 24.5 Å². The minimum Gasteiger partial charge on any atom is -0.349 e. The van der Waals surface area contributed by atoms with Crippen LogP contribution in [0.4, 0.5) is 0 Å². The molecule has 0 radical (unpaired) electrons. The molecule has 3 rings (SSSR count). The van der Waals surface area contributed by atoms with Crippen LogP contribution in [0.1, 0.15) is 56.3 Å². The molecular weight excluding hydrogens is 354 g/mol. The predicted octanol–water partition coefficient (Wildman–Crippen LogP) is 1.94. The maximum absolute atomic E-state index is 12.9. The van der Waals surface area contributed by atoms with Crippen molar-refractivity contribution in [3.8, 4) is 0 Å². The summed E-state index contributed by atoms with van der Waals surface area (Å²) < 4.78 is 1.98. The molecule has 0 unspecified atom stereocenters. The quantitative estimate of drug-likeness (QED) is 0.772. The monoisotopic (exact) mass is 389 g/mol. The van der Waals surface area contributed by atoms with Crippen LogP contribution in [0.3, 0.4) is 0 Å². The summed E-state index contributed by atoms with van der Waals surface area (Å²) >= 11 is 0. The third-order valence-electron chi connectivity index (χ3n) is 6.44. The molecule has 2 aliphatic rings. The summed E-state index contributed by atoms with van der Waals surface area (Å²) in [6, 6.07) is 2.16. The molecule has 2 amide bonds. The van der Waals surface area contributed by atoms with Gasteiger partial charge in [-0.25, -0.2) is 0 Å². The molecule has 1 aromatic rings. The van der Waals surface area contributed by atoms with Crippen LogP contribution < -0.4 is 0 Å². The first kappa shape index (κ1) is 20.8. The molecule has 2 aliphatic heterocycles. The standard InChI is InChI=1S/C21H35N5O2/c1-17-15-18(24(4)22-17)16-25-12-5-9-21(11-14-25)10-6-13-26(21)20(28)8-7-19(27)23(2)3/h15H,5-14,16H2,1-4H3/t21-/m0/s1. The van der Waals surface area contributed by atoms with Gasteiger partial charge in [0, 0.05) is 59.2 Å². The highest BCUT2D eigenvalue weighted by molar-refractivity contribution is 5.84. The molecule has 2 saturated heterocycles. The van der Waals surface area contributed by atoms with Crippen molar-refractivity contribution in [2.24, 2.45) is 7.05 Å². The molecule has 156 valence electrons. The van der Waals surface area contributed by atoms with Gasteiger partial charge in [0.05, 0.1) is 11.4 Å². The summed E-state index contributed by atoms with van der Waals surface area (Å²) in [6.45, 7) is 5.86. The number of amides is 2. The number of likely N-dealkylation sites (tertiary alicyclic amines) is 2. The summed E-state index contributed by atoms with van der Waals surface area (Å²) in [7, 11) is 5.50. The molecule has 7 heteroatoms. The van der Waals surface area contributed by atoms with Crippen LogP contribution in [0.15, 0.2) is 6.07 Å². The Hall–Kier alpha value is -1.89. The minimum atomic E-state index is -0.00459. The molecular formula is C21H35N5O2. The van der Waals surface area contributed by atoms with E-state index in [0.717, 1.165) is 64.0 Å². The average molecular weight is 390 g/mol. The van der Waals surface area contributed by atoms with E-state index in [1.54, 1.807) is 19.0 Å². The number of carbonyl (C=O) groups is 2. The van der Waals surface area contributed by atoms with Gasteiger partial charge in [-0.2, -0.15) is 5.10 Å². The molecule has 0 N–H and O–H groups in total. The Morgan fingerprint density at radius 3 is 2.46 bits per heavy atom. The van der Waals surface area contributed by atoms with E-state index in [1.807, 2.05) is 18.7 Å². The zero-order valence-electron chi connectivity index (χ0n) is 17.9. The topological polar surface area (TPSA) is 61.7 Å². The van der Waals surface area contributed by atoms with Gasteiger partial charge in [-0.1, -0.05) is 0 Å². The van der Waals surface area contributed by atoms with Crippen molar-refractivity contribution in [2.45, 2.75) is 64.0 Å². The van der Waals surface area contributed by atoms with E-state index >= 15 is 0 Å². The van der Waals surface area contributed by atoms with Crippen LogP contribution in [-0.2, 0) is 23.2 Å². The first-order valence-corrected chi connectivity index (χ1v) is 10.5. The second-order valence-electron chi connectivity index (χ2n) is 8.69. The van der Waals surface area contributed by atoms with E-state index in [9.17, 15) is 9.59 Å². The third kappa shape index (κ3) is 4.57. The smallest absolute Gasteiger partial charge is 0.223 e. The summed E-state index contributed by atoms with van der Waals surface area (Å²) in [5.41, 5.74) is 2.30. The second kappa shape index (κ2) is 8.64. The van der Waals surface area contributed by atoms with Gasteiger partial charge in [0.25, 0.3) is 0 Å². The second-order valence-corrected chi connectivity index (χ2v) is 8.69. The minimum absolute atomic E-state index is 0.00459. The van der Waals surface area contributed by atoms with E-state index < -0.39 is 0 Å². The van der Waals surface area contributed by atoms with Gasteiger partial charge >= 0.3 is 0 Å². The van der Waals surface area contributed by atoms with Gasteiger partial charge in [-0.3, -0.25) is 19.2 Å². The number of nitrogens with zero attached hydrogens (tertiary/aromatic N) is 5. The Kier molecular flexibility index (Phi) is 6.43. The number of carbonyl (C=O) groups excluding carboxylic acids is 2. The molecule has 2 fully saturated rings. The highest BCUT2D eigenvalue weighted by Gasteiger charge is 2.43. The van der Waals surface area contributed by atoms with Crippen LogP contribution >= 0.6 is 0 Å². The van der Waals surface area contributed by atoms with Gasteiger partial charge < -0.3 is 9.80 Å². The summed E-state index contributed by atoms with van der Waals surface area (Å²) in [6.07, 6.45) is 6.02. The van der Waals surface area contributed by atoms with E-state index in [1.165, 1.54) is 5.69 Å². The predicted molar refractivity (Wildman–Crippen MR) is 109 cm³/mol. The fraction of sp³-hybridized carbons (Fsp3) is 0.762. The van der Waals surface area contributed by atoms with Crippen molar-refractivity contribution in [3.05, 3.63) is 17.5 Å². The molecule has 0 aliphatic carbocycles. The van der Waals surface area contributed by atoms with Crippen molar-refractivity contribution in [3.63, 3.8) is 0 Å². The zero-order valence-corrected chi connectivity index (χ0v) is 17.9. The summed E-state index contributed by atoms with van der Waals surface area (Å²) in [4.78, 5) is 31.0. The van der Waals surface area contributed by atoms with Gasteiger partial charge in [0.2, 0.25) is 11.8 Å². The maximum atomic E-state index is 12.9. The van der Waals surface area contributed by atoms with Gasteiger partial charge in [0.1, 0.15) is 0 Å². The number of aryl methyl sites for hydroxylation is 2. The van der Waals surface area contributed by atoms with E-state index in [-0.39, 0.29) is 17.4 Å². The molecule has 1 spiro atoms. The van der Waals surface area contributed by atoms with E-state index in [4.69, 9.17) is 0 Å².